The Morgan fingerprint density at radius 2 is 1.74 bits per heavy atom. The first-order valence-electron chi connectivity index (χ1n) is 9.68. The van der Waals surface area contributed by atoms with Gasteiger partial charge in [-0.25, -0.2) is 0 Å². The van der Waals surface area contributed by atoms with Crippen LogP contribution in [0.4, 0.5) is 5.69 Å². The Bertz CT molecular complexity index is 763. The normalized spacial score (nSPS) is 17.1. The number of anilines is 1. The van der Waals surface area contributed by atoms with E-state index >= 15 is 0 Å². The second kappa shape index (κ2) is 8.57. The van der Waals surface area contributed by atoms with Gasteiger partial charge >= 0.3 is 0 Å². The van der Waals surface area contributed by atoms with Crippen molar-refractivity contribution in [3.8, 4) is 5.75 Å². The number of carbonyl (C=O) groups excluding carboxylic acids is 1. The molecule has 0 aliphatic heterocycles. The minimum Gasteiger partial charge on any atom is -0.497 e. The molecule has 0 spiro atoms. The van der Waals surface area contributed by atoms with Gasteiger partial charge < -0.3 is 14.8 Å². The first kappa shape index (κ1) is 19.4. The third kappa shape index (κ3) is 4.16. The molecule has 0 saturated heterocycles. The predicted molar refractivity (Wildman–Crippen MR) is 108 cm³/mol. The Hall–Kier alpha value is -2.33. The van der Waals surface area contributed by atoms with E-state index in [4.69, 9.17) is 9.47 Å². The highest BCUT2D eigenvalue weighted by atomic mass is 16.5. The van der Waals surface area contributed by atoms with E-state index in [0.29, 0.717) is 0 Å². The van der Waals surface area contributed by atoms with Gasteiger partial charge in [0.1, 0.15) is 5.75 Å². The summed E-state index contributed by atoms with van der Waals surface area (Å²) in [7, 11) is 3.35. The number of hydrogen-bond donors (Lipinski definition) is 1. The SMILES string of the molecule is COc1ccc(C2(C(=O)Nc3cccc(C(C)OC)c3)CCCCC2)cc1. The molecule has 1 fully saturated rings. The zero-order valence-electron chi connectivity index (χ0n) is 16.5. The molecule has 0 aromatic heterocycles. The fourth-order valence-electron chi connectivity index (χ4n) is 3.97. The molecule has 1 saturated carbocycles. The van der Waals surface area contributed by atoms with Crippen LogP contribution in [0.5, 0.6) is 5.75 Å². The fourth-order valence-corrected chi connectivity index (χ4v) is 3.97. The second-order valence-electron chi connectivity index (χ2n) is 7.33. The van der Waals surface area contributed by atoms with Gasteiger partial charge in [-0.1, -0.05) is 43.5 Å². The molecule has 1 amide bonds. The second-order valence-corrected chi connectivity index (χ2v) is 7.33. The topological polar surface area (TPSA) is 47.6 Å². The van der Waals surface area contributed by atoms with Crippen molar-refractivity contribution in [2.75, 3.05) is 19.5 Å². The van der Waals surface area contributed by atoms with Crippen LogP contribution >= 0.6 is 0 Å². The highest BCUT2D eigenvalue weighted by Crippen LogP contribution is 2.41. The van der Waals surface area contributed by atoms with Gasteiger partial charge in [0.15, 0.2) is 0 Å². The van der Waals surface area contributed by atoms with Gasteiger partial charge in [-0.2, -0.15) is 0 Å². The summed E-state index contributed by atoms with van der Waals surface area (Å²) in [6.45, 7) is 2.00. The molecule has 0 radical (unpaired) electrons. The summed E-state index contributed by atoms with van der Waals surface area (Å²) in [6, 6.07) is 15.9. The van der Waals surface area contributed by atoms with Crippen LogP contribution < -0.4 is 10.1 Å². The van der Waals surface area contributed by atoms with Crippen LogP contribution in [-0.2, 0) is 14.9 Å². The quantitative estimate of drug-likeness (QED) is 0.759. The highest BCUT2D eigenvalue weighted by molar-refractivity contribution is 5.99. The number of carbonyl (C=O) groups is 1. The number of amides is 1. The lowest BCUT2D eigenvalue weighted by Crippen LogP contribution is -2.42. The van der Waals surface area contributed by atoms with Gasteiger partial charge in [0, 0.05) is 12.8 Å². The van der Waals surface area contributed by atoms with Gasteiger partial charge in [-0.05, 0) is 55.2 Å². The van der Waals surface area contributed by atoms with Gasteiger partial charge in [0.25, 0.3) is 0 Å². The molecule has 4 nitrogen and oxygen atoms in total. The van der Waals surface area contributed by atoms with Crippen LogP contribution in [0.25, 0.3) is 0 Å². The van der Waals surface area contributed by atoms with Crippen molar-refractivity contribution in [1.29, 1.82) is 0 Å². The molecule has 0 heterocycles. The fraction of sp³-hybridized carbons (Fsp3) is 0.435. The van der Waals surface area contributed by atoms with E-state index in [2.05, 4.69) is 5.32 Å². The summed E-state index contributed by atoms with van der Waals surface area (Å²) in [5.41, 5.74) is 2.46. The molecular weight excluding hydrogens is 338 g/mol. The summed E-state index contributed by atoms with van der Waals surface area (Å²) in [5, 5.41) is 3.17. The van der Waals surface area contributed by atoms with Crippen molar-refractivity contribution >= 4 is 11.6 Å². The molecule has 1 atom stereocenters. The van der Waals surface area contributed by atoms with Gasteiger partial charge in [0.2, 0.25) is 5.91 Å². The van der Waals surface area contributed by atoms with E-state index in [1.165, 1.54) is 6.42 Å². The lowest BCUT2D eigenvalue weighted by molar-refractivity contribution is -0.122. The van der Waals surface area contributed by atoms with E-state index in [1.807, 2.05) is 55.5 Å². The standard InChI is InChI=1S/C23H29NO3/c1-17(26-2)18-8-7-9-20(16-18)24-22(25)23(14-5-4-6-15-23)19-10-12-21(27-3)13-11-19/h7-13,16-17H,4-6,14-15H2,1-3H3,(H,24,25). The molecule has 3 rings (SSSR count). The summed E-state index contributed by atoms with van der Waals surface area (Å²) in [4.78, 5) is 13.4. The number of nitrogens with one attached hydrogen (secondary N) is 1. The van der Waals surface area contributed by atoms with Gasteiger partial charge in [-0.15, -0.1) is 0 Å². The lowest BCUT2D eigenvalue weighted by atomic mass is 9.68. The summed E-state index contributed by atoms with van der Waals surface area (Å²) < 4.78 is 10.7. The van der Waals surface area contributed by atoms with E-state index in [1.54, 1.807) is 14.2 Å². The van der Waals surface area contributed by atoms with Gasteiger partial charge in [-0.3, -0.25) is 4.79 Å². The maximum atomic E-state index is 13.4. The monoisotopic (exact) mass is 367 g/mol. The minimum absolute atomic E-state index is 0.00733. The maximum Gasteiger partial charge on any atom is 0.235 e. The Balaban J connectivity index is 1.88. The third-order valence-corrected chi connectivity index (χ3v) is 5.75. The first-order valence-corrected chi connectivity index (χ1v) is 9.68. The van der Waals surface area contributed by atoms with Crippen molar-refractivity contribution in [2.24, 2.45) is 0 Å². The number of ether oxygens (including phenoxy) is 2. The Morgan fingerprint density at radius 1 is 1.04 bits per heavy atom. The van der Waals surface area contributed by atoms with Crippen LogP contribution in [0.2, 0.25) is 0 Å². The summed E-state index contributed by atoms with van der Waals surface area (Å²) in [5.74, 6) is 0.890. The van der Waals surface area contributed by atoms with E-state index in [-0.39, 0.29) is 12.0 Å². The molecule has 1 aliphatic rings. The van der Waals surface area contributed by atoms with Crippen molar-refractivity contribution in [2.45, 2.75) is 50.5 Å². The lowest BCUT2D eigenvalue weighted by Gasteiger charge is -2.36. The Kier molecular flexibility index (Phi) is 6.17. The van der Waals surface area contributed by atoms with Crippen molar-refractivity contribution < 1.29 is 14.3 Å². The molecule has 1 unspecified atom stereocenters. The average Bonchev–Trinajstić information content (AvgIpc) is 2.73. The molecule has 1 N–H and O–H groups in total. The number of rotatable bonds is 6. The minimum atomic E-state index is -0.479. The molecule has 2 aromatic carbocycles. The summed E-state index contributed by atoms with van der Waals surface area (Å²) in [6.07, 6.45) is 5.07. The number of methoxy groups -OCH3 is 2. The van der Waals surface area contributed by atoms with Crippen molar-refractivity contribution in [3.63, 3.8) is 0 Å². The largest absolute Gasteiger partial charge is 0.497 e. The van der Waals surface area contributed by atoms with Crippen LogP contribution in [0.1, 0.15) is 56.3 Å². The van der Waals surface area contributed by atoms with Crippen LogP contribution in [0, 0.1) is 0 Å². The predicted octanol–water partition coefficient (Wildman–Crippen LogP) is 5.24. The third-order valence-electron chi connectivity index (χ3n) is 5.75. The van der Waals surface area contributed by atoms with Crippen molar-refractivity contribution in [3.05, 3.63) is 59.7 Å². The average molecular weight is 367 g/mol. The first-order chi connectivity index (χ1) is 13.1. The maximum absolute atomic E-state index is 13.4. The molecule has 2 aromatic rings. The Morgan fingerprint density at radius 3 is 2.37 bits per heavy atom. The molecule has 0 bridgehead atoms. The molecule has 144 valence electrons. The zero-order valence-corrected chi connectivity index (χ0v) is 16.5. The molecule has 1 aliphatic carbocycles. The number of hydrogen-bond acceptors (Lipinski definition) is 3. The van der Waals surface area contributed by atoms with Crippen LogP contribution in [-0.4, -0.2) is 20.1 Å². The van der Waals surface area contributed by atoms with E-state index < -0.39 is 5.41 Å². The smallest absolute Gasteiger partial charge is 0.235 e. The molecule has 4 heteroatoms. The van der Waals surface area contributed by atoms with Crippen LogP contribution in [0.3, 0.4) is 0 Å². The Labute approximate surface area is 161 Å². The van der Waals surface area contributed by atoms with Gasteiger partial charge in [0.05, 0.1) is 18.6 Å². The zero-order chi connectivity index (χ0) is 19.3. The van der Waals surface area contributed by atoms with E-state index in [9.17, 15) is 4.79 Å². The molecular formula is C23H29NO3. The number of benzene rings is 2. The van der Waals surface area contributed by atoms with Crippen molar-refractivity contribution in [1.82, 2.24) is 0 Å². The molecule has 27 heavy (non-hydrogen) atoms. The van der Waals surface area contributed by atoms with Crippen LogP contribution in [0.15, 0.2) is 48.5 Å². The summed E-state index contributed by atoms with van der Waals surface area (Å²) >= 11 is 0. The highest BCUT2D eigenvalue weighted by Gasteiger charge is 2.41. The van der Waals surface area contributed by atoms with E-state index in [0.717, 1.165) is 48.2 Å².